The van der Waals surface area contributed by atoms with Crippen molar-refractivity contribution >= 4 is 27.8 Å². The van der Waals surface area contributed by atoms with Crippen molar-refractivity contribution in [2.75, 3.05) is 19.0 Å². The third-order valence-electron chi connectivity index (χ3n) is 2.81. The van der Waals surface area contributed by atoms with Gasteiger partial charge in [-0.1, -0.05) is 15.9 Å². The molecule has 2 atom stereocenters. The van der Waals surface area contributed by atoms with Gasteiger partial charge in [0.05, 0.1) is 12.7 Å². The van der Waals surface area contributed by atoms with Gasteiger partial charge in [-0.2, -0.15) is 5.06 Å². The third-order valence-corrected chi connectivity index (χ3v) is 3.27. The first-order chi connectivity index (χ1) is 8.84. The molecule has 0 N–H and O–H groups in total. The largest absolute Gasteiger partial charge is 0.468 e. The molecule has 5 nitrogen and oxygen atoms in total. The van der Waals surface area contributed by atoms with Gasteiger partial charge >= 0.3 is 5.97 Å². The van der Waals surface area contributed by atoms with Crippen molar-refractivity contribution < 1.29 is 19.2 Å². The second kappa shape index (κ2) is 6.66. The fraction of sp³-hybridized carbons (Fsp3) is 0.769. The van der Waals surface area contributed by atoms with Crippen LogP contribution in [0.15, 0.2) is 5.57 Å². The molecular formula is C13H20BrNO4. The van der Waals surface area contributed by atoms with Gasteiger partial charge in [0.2, 0.25) is 0 Å². The molecule has 1 heterocycles. The summed E-state index contributed by atoms with van der Waals surface area (Å²) in [6.07, 6.45) is 0.752. The second-order valence-electron chi connectivity index (χ2n) is 5.46. The maximum atomic E-state index is 11.9. The normalized spacial score (nSPS) is 24.4. The number of halogens is 1. The number of methoxy groups -OCH3 is 1. The Morgan fingerprint density at radius 2 is 2.16 bits per heavy atom. The van der Waals surface area contributed by atoms with Crippen molar-refractivity contribution in [1.82, 2.24) is 5.06 Å². The molecule has 1 saturated heterocycles. The number of carbonyl (C=O) groups excluding carboxylic acids is 2. The molecule has 2 unspecified atom stereocenters. The molecule has 0 aliphatic carbocycles. The van der Waals surface area contributed by atoms with E-state index in [0.29, 0.717) is 12.1 Å². The lowest BCUT2D eigenvalue weighted by Crippen LogP contribution is -2.42. The van der Waals surface area contributed by atoms with E-state index >= 15 is 0 Å². The molecule has 1 fully saturated rings. The van der Waals surface area contributed by atoms with Gasteiger partial charge in [-0.15, -0.1) is 0 Å². The van der Waals surface area contributed by atoms with Crippen molar-refractivity contribution in [2.24, 2.45) is 5.92 Å². The second-order valence-corrected chi connectivity index (χ2v) is 6.25. The SMILES string of the molecule is COC(=O)C1C(=C=O)C(CCBr)CN1OC(C)(C)C. The van der Waals surface area contributed by atoms with Crippen LogP contribution in [0.2, 0.25) is 0 Å². The number of ether oxygens (including phenoxy) is 1. The molecular weight excluding hydrogens is 314 g/mol. The van der Waals surface area contributed by atoms with Gasteiger partial charge in [0, 0.05) is 23.4 Å². The predicted octanol–water partition coefficient (Wildman–Crippen LogP) is 1.73. The number of hydrogen-bond acceptors (Lipinski definition) is 5. The summed E-state index contributed by atoms with van der Waals surface area (Å²) in [6.45, 7) is 6.17. The Morgan fingerprint density at radius 1 is 1.53 bits per heavy atom. The van der Waals surface area contributed by atoms with Crippen molar-refractivity contribution in [3.8, 4) is 0 Å². The van der Waals surface area contributed by atoms with Crippen LogP contribution in [-0.4, -0.2) is 47.6 Å². The lowest BCUT2D eigenvalue weighted by Gasteiger charge is -2.29. The van der Waals surface area contributed by atoms with E-state index in [1.54, 1.807) is 5.06 Å². The summed E-state index contributed by atoms with van der Waals surface area (Å²) >= 11 is 3.35. The van der Waals surface area contributed by atoms with E-state index in [2.05, 4.69) is 15.9 Å². The number of nitrogens with zero attached hydrogens (tertiary/aromatic N) is 1. The van der Waals surface area contributed by atoms with Crippen LogP contribution in [0.1, 0.15) is 27.2 Å². The zero-order chi connectivity index (χ0) is 14.6. The predicted molar refractivity (Wildman–Crippen MR) is 74.5 cm³/mol. The van der Waals surface area contributed by atoms with Crippen LogP contribution in [0.3, 0.4) is 0 Å². The molecule has 0 aromatic carbocycles. The highest BCUT2D eigenvalue weighted by Gasteiger charge is 2.45. The van der Waals surface area contributed by atoms with Gasteiger partial charge in [0.1, 0.15) is 5.94 Å². The monoisotopic (exact) mass is 333 g/mol. The zero-order valence-corrected chi connectivity index (χ0v) is 13.3. The minimum Gasteiger partial charge on any atom is -0.468 e. The van der Waals surface area contributed by atoms with Gasteiger partial charge in [0.15, 0.2) is 6.04 Å². The molecule has 1 aliphatic rings. The van der Waals surface area contributed by atoms with Crippen LogP contribution in [0.25, 0.3) is 0 Å². The van der Waals surface area contributed by atoms with Gasteiger partial charge in [0.25, 0.3) is 0 Å². The quantitative estimate of drug-likeness (QED) is 0.445. The molecule has 1 aliphatic heterocycles. The summed E-state index contributed by atoms with van der Waals surface area (Å²) in [6, 6.07) is -0.786. The highest BCUT2D eigenvalue weighted by molar-refractivity contribution is 9.09. The average Bonchev–Trinajstić information content (AvgIpc) is 2.63. The number of hydrogen-bond donors (Lipinski definition) is 0. The molecule has 1 rings (SSSR count). The Kier molecular flexibility index (Phi) is 5.74. The summed E-state index contributed by atoms with van der Waals surface area (Å²) in [4.78, 5) is 28.8. The molecule has 0 bridgehead atoms. The Hall–Kier alpha value is -0.680. The number of hydroxylamine groups is 2. The summed E-state index contributed by atoms with van der Waals surface area (Å²) < 4.78 is 4.77. The first-order valence-corrected chi connectivity index (χ1v) is 7.30. The fourth-order valence-corrected chi connectivity index (χ4v) is 2.67. The fourth-order valence-electron chi connectivity index (χ4n) is 2.11. The van der Waals surface area contributed by atoms with Crippen LogP contribution < -0.4 is 0 Å². The van der Waals surface area contributed by atoms with Gasteiger partial charge in [-0.25, -0.2) is 9.59 Å². The van der Waals surface area contributed by atoms with Gasteiger partial charge in [-0.3, -0.25) is 4.84 Å². The van der Waals surface area contributed by atoms with E-state index in [-0.39, 0.29) is 5.92 Å². The topological polar surface area (TPSA) is 55.8 Å². The molecule has 0 spiro atoms. The smallest absolute Gasteiger partial charge is 0.330 e. The standard InChI is InChI=1S/C13H20BrNO4/c1-13(2,3)19-15-7-9(5-6-14)10(8-16)11(15)12(17)18-4/h9,11H,5-7H2,1-4H3. The van der Waals surface area contributed by atoms with Crippen molar-refractivity contribution in [1.29, 1.82) is 0 Å². The first kappa shape index (κ1) is 16.4. The minimum absolute atomic E-state index is 0.0386. The molecule has 0 saturated carbocycles. The highest BCUT2D eigenvalue weighted by atomic mass is 79.9. The zero-order valence-electron chi connectivity index (χ0n) is 11.7. The maximum absolute atomic E-state index is 11.9. The van der Waals surface area contributed by atoms with Gasteiger partial charge in [-0.05, 0) is 27.2 Å². The summed E-state index contributed by atoms with van der Waals surface area (Å²) in [5.41, 5.74) is -0.0284. The molecule has 6 heteroatoms. The van der Waals surface area contributed by atoms with Crippen LogP contribution in [0.5, 0.6) is 0 Å². The molecule has 0 aromatic rings. The average molecular weight is 334 g/mol. The highest BCUT2D eigenvalue weighted by Crippen LogP contribution is 2.33. The van der Waals surface area contributed by atoms with Crippen LogP contribution >= 0.6 is 15.9 Å². The summed E-state index contributed by atoms with van der Waals surface area (Å²) in [7, 11) is 1.30. The lowest BCUT2D eigenvalue weighted by molar-refractivity contribution is -0.237. The van der Waals surface area contributed by atoms with Crippen LogP contribution in [0, 0.1) is 5.92 Å². The lowest BCUT2D eigenvalue weighted by atomic mass is 9.97. The first-order valence-electron chi connectivity index (χ1n) is 6.18. The van der Waals surface area contributed by atoms with Gasteiger partial charge < -0.3 is 4.74 Å². The maximum Gasteiger partial charge on any atom is 0.330 e. The number of esters is 1. The summed E-state index contributed by atoms with van der Waals surface area (Å²) in [5.74, 6) is 1.38. The Morgan fingerprint density at radius 3 is 2.58 bits per heavy atom. The van der Waals surface area contributed by atoms with E-state index in [1.165, 1.54) is 7.11 Å². The van der Waals surface area contributed by atoms with E-state index in [4.69, 9.17) is 9.57 Å². The number of alkyl halides is 1. The molecule has 0 aromatic heterocycles. The van der Waals surface area contributed by atoms with E-state index in [1.807, 2.05) is 26.7 Å². The molecule has 0 radical (unpaired) electrons. The number of carbonyl (C=O) groups is 1. The Labute approximate surface area is 122 Å². The van der Waals surface area contributed by atoms with Crippen molar-refractivity contribution in [3.05, 3.63) is 5.57 Å². The Bertz CT molecular complexity index is 385. The number of rotatable bonds is 4. The molecule has 19 heavy (non-hydrogen) atoms. The molecule has 0 amide bonds. The summed E-state index contributed by atoms with van der Waals surface area (Å²) in [5, 5.41) is 2.29. The van der Waals surface area contributed by atoms with Crippen LogP contribution in [-0.2, 0) is 19.2 Å². The van der Waals surface area contributed by atoms with Crippen molar-refractivity contribution in [3.63, 3.8) is 0 Å². The van der Waals surface area contributed by atoms with Crippen molar-refractivity contribution in [2.45, 2.75) is 38.8 Å². The van der Waals surface area contributed by atoms with E-state index < -0.39 is 17.6 Å². The van der Waals surface area contributed by atoms with E-state index in [0.717, 1.165) is 11.8 Å². The minimum atomic E-state index is -0.786. The molecule has 108 valence electrons. The Balaban J connectivity index is 3.01. The van der Waals surface area contributed by atoms with E-state index in [9.17, 15) is 9.59 Å². The third kappa shape index (κ3) is 4.14. The van der Waals surface area contributed by atoms with Crippen LogP contribution in [0.4, 0.5) is 0 Å².